The molecule has 0 aliphatic heterocycles. The molecule has 0 amide bonds. The number of carboxylic acid groups (broad SMARTS) is 1. The maximum absolute atomic E-state index is 13.5. The molecule has 2 N–H and O–H groups in total. The van der Waals surface area contributed by atoms with Crippen LogP contribution in [0.1, 0.15) is 15.9 Å². The first-order valence-electron chi connectivity index (χ1n) is 5.05. The molecule has 0 radical (unpaired) electrons. The van der Waals surface area contributed by atoms with Crippen molar-refractivity contribution in [1.82, 2.24) is 0 Å². The van der Waals surface area contributed by atoms with E-state index in [-0.39, 0.29) is 12.2 Å². The van der Waals surface area contributed by atoms with Gasteiger partial charge in [0.15, 0.2) is 0 Å². The number of aromatic carboxylic acids is 1. The van der Waals surface area contributed by atoms with Crippen molar-refractivity contribution in [3.63, 3.8) is 0 Å². The molecule has 1 heterocycles. The van der Waals surface area contributed by atoms with Crippen LogP contribution >= 0.6 is 0 Å². The van der Waals surface area contributed by atoms with E-state index in [2.05, 4.69) is 5.32 Å². The highest BCUT2D eigenvalue weighted by Crippen LogP contribution is 2.21. The maximum Gasteiger partial charge on any atom is 0.335 e. The standard InChI is InChI=1S/C12H9F2NO3/c13-9-3-8(12(16)17)4-10(14)11(9)15-5-7-1-2-18-6-7/h1-4,6,15H,5H2,(H,16,17). The number of hydrogen-bond acceptors (Lipinski definition) is 3. The number of rotatable bonds is 4. The van der Waals surface area contributed by atoms with E-state index in [1.165, 1.54) is 12.5 Å². The second-order valence-corrected chi connectivity index (χ2v) is 3.61. The van der Waals surface area contributed by atoms with Crippen LogP contribution in [-0.4, -0.2) is 11.1 Å². The molecule has 0 fully saturated rings. The second kappa shape index (κ2) is 4.87. The van der Waals surface area contributed by atoms with E-state index in [9.17, 15) is 13.6 Å². The molecule has 2 rings (SSSR count). The average molecular weight is 253 g/mol. The molecule has 0 aliphatic rings. The quantitative estimate of drug-likeness (QED) is 0.879. The first-order chi connectivity index (χ1) is 8.58. The highest BCUT2D eigenvalue weighted by atomic mass is 19.1. The Balaban J connectivity index is 2.20. The van der Waals surface area contributed by atoms with E-state index >= 15 is 0 Å². The summed E-state index contributed by atoms with van der Waals surface area (Å²) in [7, 11) is 0. The lowest BCUT2D eigenvalue weighted by molar-refractivity contribution is 0.0696. The van der Waals surface area contributed by atoms with Gasteiger partial charge in [0.05, 0.1) is 18.1 Å². The van der Waals surface area contributed by atoms with Gasteiger partial charge in [-0.25, -0.2) is 13.6 Å². The van der Waals surface area contributed by atoms with E-state index < -0.39 is 23.2 Å². The fraction of sp³-hybridized carbons (Fsp3) is 0.0833. The molecule has 94 valence electrons. The highest BCUT2D eigenvalue weighted by molar-refractivity contribution is 5.88. The summed E-state index contributed by atoms with van der Waals surface area (Å²) in [6, 6.07) is 3.18. The minimum absolute atomic E-state index is 0.177. The predicted molar refractivity (Wildman–Crippen MR) is 59.4 cm³/mol. The second-order valence-electron chi connectivity index (χ2n) is 3.61. The molecule has 0 bridgehead atoms. The van der Waals surface area contributed by atoms with Crippen LogP contribution in [0, 0.1) is 11.6 Å². The largest absolute Gasteiger partial charge is 0.478 e. The smallest absolute Gasteiger partial charge is 0.335 e. The fourth-order valence-electron chi connectivity index (χ4n) is 1.45. The van der Waals surface area contributed by atoms with Crippen LogP contribution in [0.25, 0.3) is 0 Å². The molecule has 1 aromatic carbocycles. The molecule has 0 aliphatic carbocycles. The molecule has 4 nitrogen and oxygen atoms in total. The van der Waals surface area contributed by atoms with Gasteiger partial charge in [-0.1, -0.05) is 0 Å². The molecular formula is C12H9F2NO3. The molecule has 0 saturated heterocycles. The molecule has 6 heteroatoms. The molecular weight excluding hydrogens is 244 g/mol. The third-order valence-corrected chi connectivity index (χ3v) is 2.34. The van der Waals surface area contributed by atoms with Gasteiger partial charge in [0.2, 0.25) is 0 Å². The van der Waals surface area contributed by atoms with Crippen LogP contribution < -0.4 is 5.32 Å². The van der Waals surface area contributed by atoms with Crippen molar-refractivity contribution in [2.75, 3.05) is 5.32 Å². The Labute approximate surface area is 101 Å². The Morgan fingerprint density at radius 1 is 1.33 bits per heavy atom. The Bertz CT molecular complexity index is 544. The van der Waals surface area contributed by atoms with Crippen molar-refractivity contribution in [2.45, 2.75) is 6.54 Å². The number of carboxylic acids is 1. The van der Waals surface area contributed by atoms with Gasteiger partial charge in [0, 0.05) is 12.1 Å². The molecule has 0 spiro atoms. The maximum atomic E-state index is 13.5. The molecule has 0 saturated carbocycles. The van der Waals surface area contributed by atoms with Crippen molar-refractivity contribution < 1.29 is 23.1 Å². The summed E-state index contributed by atoms with van der Waals surface area (Å²) in [4.78, 5) is 10.6. The van der Waals surface area contributed by atoms with Crippen molar-refractivity contribution in [2.24, 2.45) is 0 Å². The highest BCUT2D eigenvalue weighted by Gasteiger charge is 2.14. The van der Waals surface area contributed by atoms with Crippen LogP contribution in [0.15, 0.2) is 35.1 Å². The summed E-state index contributed by atoms with van der Waals surface area (Å²) in [6.45, 7) is 0.177. The number of furan rings is 1. The number of benzene rings is 1. The zero-order valence-electron chi connectivity index (χ0n) is 9.11. The minimum Gasteiger partial charge on any atom is -0.478 e. The van der Waals surface area contributed by atoms with Gasteiger partial charge in [-0.3, -0.25) is 0 Å². The molecule has 1 aromatic heterocycles. The predicted octanol–water partition coefficient (Wildman–Crippen LogP) is 2.87. The topological polar surface area (TPSA) is 62.5 Å². The molecule has 18 heavy (non-hydrogen) atoms. The van der Waals surface area contributed by atoms with Crippen molar-refractivity contribution in [3.05, 3.63) is 53.5 Å². The van der Waals surface area contributed by atoms with Crippen LogP contribution in [-0.2, 0) is 6.54 Å². The third kappa shape index (κ3) is 2.48. The first-order valence-corrected chi connectivity index (χ1v) is 5.05. The summed E-state index contributed by atoms with van der Waals surface area (Å²) < 4.78 is 31.8. The zero-order valence-corrected chi connectivity index (χ0v) is 9.11. The van der Waals surface area contributed by atoms with Gasteiger partial charge < -0.3 is 14.8 Å². The summed E-state index contributed by atoms with van der Waals surface area (Å²) >= 11 is 0. The van der Waals surface area contributed by atoms with Gasteiger partial charge in [-0.05, 0) is 18.2 Å². The van der Waals surface area contributed by atoms with Gasteiger partial charge in [0.25, 0.3) is 0 Å². The lowest BCUT2D eigenvalue weighted by Crippen LogP contribution is -2.06. The Morgan fingerprint density at radius 3 is 2.50 bits per heavy atom. The van der Waals surface area contributed by atoms with E-state index in [4.69, 9.17) is 9.52 Å². The van der Waals surface area contributed by atoms with Crippen molar-refractivity contribution in [1.29, 1.82) is 0 Å². The Hall–Kier alpha value is -2.37. The van der Waals surface area contributed by atoms with Gasteiger partial charge >= 0.3 is 5.97 Å². The van der Waals surface area contributed by atoms with Gasteiger partial charge in [-0.15, -0.1) is 0 Å². The van der Waals surface area contributed by atoms with Crippen LogP contribution in [0.3, 0.4) is 0 Å². The van der Waals surface area contributed by atoms with E-state index in [1.54, 1.807) is 6.07 Å². The van der Waals surface area contributed by atoms with Crippen molar-refractivity contribution >= 4 is 11.7 Å². The van der Waals surface area contributed by atoms with E-state index in [0.717, 1.165) is 17.7 Å². The minimum atomic E-state index is -1.38. The Morgan fingerprint density at radius 2 is 2.00 bits per heavy atom. The lowest BCUT2D eigenvalue weighted by atomic mass is 10.2. The third-order valence-electron chi connectivity index (χ3n) is 2.34. The number of carbonyl (C=O) groups is 1. The van der Waals surface area contributed by atoms with Crippen LogP contribution in [0.5, 0.6) is 0 Å². The summed E-state index contributed by atoms with van der Waals surface area (Å²) in [5, 5.41) is 11.2. The first kappa shape index (κ1) is 12.1. The number of halogens is 2. The van der Waals surface area contributed by atoms with Gasteiger partial charge in [-0.2, -0.15) is 0 Å². The van der Waals surface area contributed by atoms with Crippen molar-refractivity contribution in [3.8, 4) is 0 Å². The normalized spacial score (nSPS) is 10.3. The van der Waals surface area contributed by atoms with Crippen LogP contribution in [0.4, 0.5) is 14.5 Å². The molecule has 2 aromatic rings. The van der Waals surface area contributed by atoms with E-state index in [0.29, 0.717) is 0 Å². The number of anilines is 1. The Kier molecular flexibility index (Phi) is 3.27. The fourth-order valence-corrected chi connectivity index (χ4v) is 1.45. The van der Waals surface area contributed by atoms with Crippen LogP contribution in [0.2, 0.25) is 0 Å². The zero-order chi connectivity index (χ0) is 13.1. The summed E-state index contributed by atoms with van der Waals surface area (Å²) in [5.41, 5.74) is -0.0730. The summed E-state index contributed by atoms with van der Waals surface area (Å²) in [5.74, 6) is -3.28. The number of hydrogen-bond donors (Lipinski definition) is 2. The SMILES string of the molecule is O=C(O)c1cc(F)c(NCc2ccoc2)c(F)c1. The molecule has 0 atom stereocenters. The lowest BCUT2D eigenvalue weighted by Gasteiger charge is -2.08. The number of nitrogens with one attached hydrogen (secondary N) is 1. The monoisotopic (exact) mass is 253 g/mol. The molecule has 0 unspecified atom stereocenters. The van der Waals surface area contributed by atoms with E-state index in [1.807, 2.05) is 0 Å². The summed E-state index contributed by atoms with van der Waals surface area (Å²) in [6.07, 6.45) is 2.88. The average Bonchev–Trinajstić information content (AvgIpc) is 2.80. The van der Waals surface area contributed by atoms with Gasteiger partial charge in [0.1, 0.15) is 17.3 Å².